The molecule has 4 unspecified atom stereocenters. The van der Waals surface area contributed by atoms with Crippen LogP contribution in [0.4, 0.5) is 0 Å². The van der Waals surface area contributed by atoms with E-state index in [1.165, 1.54) is 33.4 Å². The molecule has 3 aliphatic heterocycles. The molecular weight excluding hydrogens is 607 g/mol. The predicted octanol–water partition coefficient (Wildman–Crippen LogP) is 3.76. The van der Waals surface area contributed by atoms with Gasteiger partial charge in [-0.05, 0) is 6.92 Å². The zero-order chi connectivity index (χ0) is 28.3. The van der Waals surface area contributed by atoms with Crippen molar-refractivity contribution in [3.8, 4) is 0 Å². The molecule has 15 nitrogen and oxygen atoms in total. The highest BCUT2D eigenvalue weighted by Gasteiger charge is 2.46. The van der Waals surface area contributed by atoms with E-state index in [-0.39, 0.29) is 38.2 Å². The van der Waals surface area contributed by atoms with Crippen molar-refractivity contribution in [3.63, 3.8) is 0 Å². The smallest absolute Gasteiger partial charge is 0.328 e. The Hall–Kier alpha value is -0.790. The average molecular weight is 661 g/mol. The van der Waals surface area contributed by atoms with Crippen LogP contribution in [0.3, 0.4) is 0 Å². The molecule has 0 aromatic heterocycles. The lowest BCUT2D eigenvalue weighted by Crippen LogP contribution is -2.44. The van der Waals surface area contributed by atoms with Crippen molar-refractivity contribution in [3.05, 3.63) is 11.6 Å². The second-order valence-electron chi connectivity index (χ2n) is 9.07. The Labute approximate surface area is 245 Å². The van der Waals surface area contributed by atoms with Gasteiger partial charge in [0.15, 0.2) is 0 Å². The summed E-state index contributed by atoms with van der Waals surface area (Å²) in [4.78, 5) is 35.9. The van der Waals surface area contributed by atoms with E-state index in [1.807, 2.05) is 0 Å². The summed E-state index contributed by atoms with van der Waals surface area (Å²) in [6.07, 6.45) is -2.33. The van der Waals surface area contributed by atoms with Gasteiger partial charge >= 0.3 is 15.2 Å². The molecule has 0 bridgehead atoms. The van der Waals surface area contributed by atoms with E-state index in [9.17, 15) is 28.2 Å². The molecule has 0 aliphatic carbocycles. The Balaban J connectivity index is -0.00000320. The van der Waals surface area contributed by atoms with Crippen LogP contribution < -0.4 is 10.2 Å². The van der Waals surface area contributed by atoms with Crippen LogP contribution >= 0.6 is 23.0 Å². The van der Waals surface area contributed by atoms with E-state index in [0.717, 1.165) is 7.11 Å². The summed E-state index contributed by atoms with van der Waals surface area (Å²) in [5.74, 6) is -2.00. The normalized spacial score (nSPS) is 32.2. The van der Waals surface area contributed by atoms with Crippen molar-refractivity contribution >= 4 is 34.8 Å². The average Bonchev–Trinajstić information content (AvgIpc) is 3.44. The van der Waals surface area contributed by atoms with Crippen LogP contribution in [0.15, 0.2) is 11.6 Å². The number of phosphoric acid groups is 1. The minimum Gasteiger partial charge on any atom is -0.756 e. The van der Waals surface area contributed by atoms with Crippen LogP contribution in [-0.4, -0.2) is 89.7 Å². The van der Waals surface area contributed by atoms with Crippen LogP contribution in [0.5, 0.6) is 0 Å². The van der Waals surface area contributed by atoms with Crippen LogP contribution in [-0.2, 0) is 59.9 Å². The molecule has 246 valence electrons. The van der Waals surface area contributed by atoms with Gasteiger partial charge in [0.2, 0.25) is 5.91 Å². The zero-order valence-electron chi connectivity index (χ0n) is 21.6. The van der Waals surface area contributed by atoms with Crippen molar-refractivity contribution < 1.29 is 67.6 Å². The van der Waals surface area contributed by atoms with Gasteiger partial charge in [-0.25, -0.2) is 0 Å². The topological polar surface area (TPSA) is 194 Å². The van der Waals surface area contributed by atoms with Crippen molar-refractivity contribution in [2.24, 2.45) is 5.92 Å². The van der Waals surface area contributed by atoms with E-state index in [0.29, 0.717) is 18.6 Å². The molecule has 3 heterocycles. The lowest BCUT2D eigenvalue weighted by Gasteiger charge is -2.27. The molecule has 9 atom stereocenters. The van der Waals surface area contributed by atoms with Crippen molar-refractivity contribution in [2.75, 3.05) is 47.4 Å². The Morgan fingerprint density at radius 2 is 1.59 bits per heavy atom. The first kappa shape index (κ1) is 40.2. The summed E-state index contributed by atoms with van der Waals surface area (Å²) in [6.45, 7) is 3.62. The molecule has 0 aromatic carbocycles. The summed E-state index contributed by atoms with van der Waals surface area (Å²) in [6, 6.07) is 0. The Bertz CT molecular complexity index is 1080. The Kier molecular flexibility index (Phi) is 16.0. The fourth-order valence-electron chi connectivity index (χ4n) is 4.12. The first-order chi connectivity index (χ1) is 17.6. The third kappa shape index (κ3) is 11.3. The molecule has 0 saturated carbocycles. The number of carbonyl (C=O) groups excluding carboxylic acids is 2. The van der Waals surface area contributed by atoms with Crippen molar-refractivity contribution in [1.82, 2.24) is 5.32 Å². The fourth-order valence-corrected chi connectivity index (χ4v) is 6.57. The van der Waals surface area contributed by atoms with Crippen molar-refractivity contribution in [1.29, 1.82) is 0 Å². The number of ether oxygens (including phenoxy) is 2. The molecule has 41 heavy (non-hydrogen) atoms. The molecule has 0 radical (unpaired) electrons. The van der Waals surface area contributed by atoms with Gasteiger partial charge in [-0.15, -0.1) is 0 Å². The predicted molar refractivity (Wildman–Crippen MR) is 153 cm³/mol. The number of hydrogen-bond donors (Lipinski definition) is 1. The van der Waals surface area contributed by atoms with Crippen LogP contribution in [0.25, 0.3) is 0 Å². The van der Waals surface area contributed by atoms with Crippen LogP contribution in [0.1, 0.15) is 44.9 Å². The molecule has 0 aromatic rings. The monoisotopic (exact) mass is 660 g/mol. The number of imide groups is 1. The quantitative estimate of drug-likeness (QED) is 0.222. The highest BCUT2D eigenvalue weighted by atomic mass is 31.2. The standard InChI is InChI=1S/C20H34NO14P3.3CH4.2H2/c1-12-8-13(20(23)21-19(12)22)15-9-16(18(33-15)11-32-38(26,27)29-3)35-37(5,25)31-10-17-14(6-7-30-17)34-36(4,24)28-2;;;;;/h8,13-18H,6-7,9-11H2,1-5H3,(H,26,27)(H,21,22,23);3*1H4;2*1H/p-1/t13?,14-,15-,16-,17-,18-,36?,37?;;;;;/m1...../s1/i;;;;2*1+2. The SMILES string of the molecule is C.C.C.COP(C)(=O)O[C@@H]1CCO[C@@H]1COP(C)(=O)O[C@@H]1C[C@H](C2C=C(C)C(=O)NC2=O)O[C@@H]1COP(=O)([O-])OC.[3HH].[3HH]. The molecule has 3 aliphatic rings. The van der Waals surface area contributed by atoms with Crippen molar-refractivity contribution in [2.45, 2.75) is 72.6 Å². The molecule has 3 rings (SSSR count). The highest BCUT2D eigenvalue weighted by molar-refractivity contribution is 7.53. The Morgan fingerprint density at radius 1 is 0.976 bits per heavy atom. The second-order valence-corrected chi connectivity index (χ2v) is 14.7. The van der Waals surface area contributed by atoms with Crippen LogP contribution in [0.2, 0.25) is 0 Å². The number of amides is 2. The summed E-state index contributed by atoms with van der Waals surface area (Å²) in [7, 11) is -9.55. The Morgan fingerprint density at radius 3 is 2.20 bits per heavy atom. The summed E-state index contributed by atoms with van der Waals surface area (Å²) < 4.78 is 79.3. The first-order valence-electron chi connectivity index (χ1n) is 11.7. The van der Waals surface area contributed by atoms with Gasteiger partial charge in [0.25, 0.3) is 13.7 Å². The van der Waals surface area contributed by atoms with Gasteiger partial charge in [0.1, 0.15) is 12.2 Å². The summed E-state index contributed by atoms with van der Waals surface area (Å²) in [5.41, 5.74) is 0.307. The maximum atomic E-state index is 13.2. The van der Waals surface area contributed by atoms with Gasteiger partial charge in [-0.3, -0.25) is 28.6 Å². The number of hydrogen-bond acceptors (Lipinski definition) is 14. The van der Waals surface area contributed by atoms with E-state index in [1.54, 1.807) is 0 Å². The third-order valence-electron chi connectivity index (χ3n) is 6.18. The molecule has 2 amide bonds. The van der Waals surface area contributed by atoms with Gasteiger partial charge in [0.05, 0.1) is 37.4 Å². The minimum absolute atomic E-state index is 0. The number of nitrogens with one attached hydrogen (secondary N) is 1. The van der Waals surface area contributed by atoms with E-state index in [2.05, 4.69) is 9.84 Å². The molecule has 1 N–H and O–H groups in total. The summed E-state index contributed by atoms with van der Waals surface area (Å²) in [5, 5.41) is 2.23. The second kappa shape index (κ2) is 16.3. The largest absolute Gasteiger partial charge is 0.756 e. The maximum Gasteiger partial charge on any atom is 0.328 e. The van der Waals surface area contributed by atoms with Gasteiger partial charge in [-0.2, -0.15) is 0 Å². The maximum absolute atomic E-state index is 13.2. The number of carbonyl (C=O) groups is 2. The zero-order valence-corrected chi connectivity index (χ0v) is 24.3. The van der Waals surface area contributed by atoms with E-state index >= 15 is 0 Å². The molecule has 2 fully saturated rings. The lowest BCUT2D eigenvalue weighted by atomic mass is 9.93. The molecule has 0 spiro atoms. The van der Waals surface area contributed by atoms with Crippen LogP contribution in [0, 0.1) is 5.92 Å². The first-order valence-corrected chi connectivity index (χ1v) is 17.1. The third-order valence-corrected chi connectivity index (χ3v) is 9.69. The van der Waals surface area contributed by atoms with Gasteiger partial charge in [0, 0.05) is 55.4 Å². The highest BCUT2D eigenvalue weighted by Crippen LogP contribution is 2.50. The molecular formula is C23H49NO14P3-. The van der Waals surface area contributed by atoms with E-state index < -0.39 is 77.9 Å². The van der Waals surface area contributed by atoms with Gasteiger partial charge in [-0.1, -0.05) is 28.4 Å². The van der Waals surface area contributed by atoms with E-state index in [4.69, 9.17) is 32.1 Å². The lowest BCUT2D eigenvalue weighted by molar-refractivity contribution is -0.225. The molecule has 2 saturated heterocycles. The fraction of sp³-hybridized carbons (Fsp3) is 0.826. The minimum atomic E-state index is -4.63. The number of phosphoric ester groups is 1. The van der Waals surface area contributed by atoms with Gasteiger partial charge < -0.3 is 41.5 Å². The number of rotatable bonds is 13. The molecule has 18 heteroatoms. The summed E-state index contributed by atoms with van der Waals surface area (Å²) >= 11 is 0.